The summed E-state index contributed by atoms with van der Waals surface area (Å²) >= 11 is 3.64. The van der Waals surface area contributed by atoms with E-state index in [-0.39, 0.29) is 6.04 Å². The minimum Gasteiger partial charge on any atom is -0.508 e. The van der Waals surface area contributed by atoms with E-state index >= 15 is 0 Å². The number of phenols is 1. The molecule has 0 radical (unpaired) electrons. The Hall–Kier alpha value is -1.32. The number of benzene rings is 2. The molecule has 2 nitrogen and oxygen atoms in total. The molecule has 0 bridgehead atoms. The van der Waals surface area contributed by atoms with Crippen molar-refractivity contribution >= 4 is 15.9 Å². The zero-order valence-electron chi connectivity index (χ0n) is 12.1. The summed E-state index contributed by atoms with van der Waals surface area (Å²) in [7, 11) is 0. The molecular formula is C18H20BrNO. The summed E-state index contributed by atoms with van der Waals surface area (Å²) in [4.78, 5) is 0. The normalized spacial score (nSPS) is 22.6. The molecule has 1 atom stereocenters. The van der Waals surface area contributed by atoms with Gasteiger partial charge in [0.15, 0.2) is 0 Å². The van der Waals surface area contributed by atoms with E-state index in [2.05, 4.69) is 58.5 Å². The first kappa shape index (κ1) is 14.6. The van der Waals surface area contributed by atoms with Crippen molar-refractivity contribution in [3.8, 4) is 5.75 Å². The third kappa shape index (κ3) is 3.30. The molecule has 2 aromatic rings. The second-order valence-electron chi connectivity index (χ2n) is 5.87. The number of hydrogen-bond acceptors (Lipinski definition) is 2. The Labute approximate surface area is 134 Å². The molecule has 1 unspecified atom stereocenters. The third-order valence-electron chi connectivity index (χ3n) is 4.34. The van der Waals surface area contributed by atoms with Gasteiger partial charge in [-0.1, -0.05) is 46.3 Å². The topological polar surface area (TPSA) is 32.3 Å². The summed E-state index contributed by atoms with van der Waals surface area (Å²) in [6, 6.07) is 16.8. The Morgan fingerprint density at radius 3 is 2.62 bits per heavy atom. The SMILES string of the molecule is CC(NC1CC(c2ccccc2Br)C1)c1cccc(O)c1. The molecule has 0 saturated heterocycles. The van der Waals surface area contributed by atoms with E-state index in [9.17, 15) is 5.11 Å². The second kappa shape index (κ2) is 6.20. The van der Waals surface area contributed by atoms with Crippen LogP contribution >= 0.6 is 15.9 Å². The number of hydrogen-bond donors (Lipinski definition) is 2. The summed E-state index contributed by atoms with van der Waals surface area (Å²) in [6.45, 7) is 2.15. The first-order chi connectivity index (χ1) is 10.1. The van der Waals surface area contributed by atoms with Crippen LogP contribution in [-0.4, -0.2) is 11.1 Å². The largest absolute Gasteiger partial charge is 0.508 e. The van der Waals surface area contributed by atoms with E-state index in [0.717, 1.165) is 5.56 Å². The quantitative estimate of drug-likeness (QED) is 0.837. The minimum absolute atomic E-state index is 0.266. The van der Waals surface area contributed by atoms with Gasteiger partial charge in [-0.15, -0.1) is 0 Å². The van der Waals surface area contributed by atoms with Crippen molar-refractivity contribution in [3.05, 3.63) is 64.1 Å². The van der Waals surface area contributed by atoms with E-state index < -0.39 is 0 Å². The molecule has 1 saturated carbocycles. The highest BCUT2D eigenvalue weighted by Gasteiger charge is 2.32. The first-order valence-corrected chi connectivity index (χ1v) is 8.22. The van der Waals surface area contributed by atoms with Crippen molar-refractivity contribution in [1.29, 1.82) is 0 Å². The monoisotopic (exact) mass is 345 g/mol. The maximum atomic E-state index is 9.56. The van der Waals surface area contributed by atoms with Crippen molar-refractivity contribution < 1.29 is 5.11 Å². The van der Waals surface area contributed by atoms with Crippen LogP contribution in [0, 0.1) is 0 Å². The zero-order valence-corrected chi connectivity index (χ0v) is 13.7. The van der Waals surface area contributed by atoms with Crippen LogP contribution in [0.3, 0.4) is 0 Å². The van der Waals surface area contributed by atoms with Gasteiger partial charge in [-0.05, 0) is 55.0 Å². The summed E-state index contributed by atoms with van der Waals surface area (Å²) in [5.41, 5.74) is 2.56. The first-order valence-electron chi connectivity index (χ1n) is 7.43. The highest BCUT2D eigenvalue weighted by Crippen LogP contribution is 2.40. The fraction of sp³-hybridized carbons (Fsp3) is 0.333. The van der Waals surface area contributed by atoms with Crippen LogP contribution in [0.4, 0.5) is 0 Å². The lowest BCUT2D eigenvalue weighted by Crippen LogP contribution is -2.41. The van der Waals surface area contributed by atoms with Gasteiger partial charge in [0.2, 0.25) is 0 Å². The molecule has 0 amide bonds. The Kier molecular flexibility index (Phi) is 4.32. The van der Waals surface area contributed by atoms with Crippen LogP contribution in [0.1, 0.15) is 42.9 Å². The minimum atomic E-state index is 0.266. The van der Waals surface area contributed by atoms with Crippen molar-refractivity contribution in [3.63, 3.8) is 0 Å². The number of halogens is 1. The Balaban J connectivity index is 1.56. The molecule has 3 rings (SSSR count). The smallest absolute Gasteiger partial charge is 0.115 e. The van der Waals surface area contributed by atoms with E-state index in [1.807, 2.05) is 12.1 Å². The average Bonchev–Trinajstić information content (AvgIpc) is 2.43. The number of aromatic hydroxyl groups is 1. The molecule has 2 N–H and O–H groups in total. The molecule has 1 fully saturated rings. The maximum absolute atomic E-state index is 9.56. The van der Waals surface area contributed by atoms with Crippen molar-refractivity contribution in [2.45, 2.75) is 37.8 Å². The van der Waals surface area contributed by atoms with Gasteiger partial charge in [-0.3, -0.25) is 0 Å². The van der Waals surface area contributed by atoms with E-state index in [0.29, 0.717) is 17.7 Å². The highest BCUT2D eigenvalue weighted by molar-refractivity contribution is 9.10. The van der Waals surface area contributed by atoms with Crippen LogP contribution in [0.15, 0.2) is 53.0 Å². The molecule has 2 aromatic carbocycles. The van der Waals surface area contributed by atoms with Crippen LogP contribution < -0.4 is 5.32 Å². The summed E-state index contributed by atoms with van der Waals surface area (Å²) in [5, 5.41) is 13.2. The molecule has 1 aliphatic rings. The Bertz CT molecular complexity index is 622. The van der Waals surface area contributed by atoms with Crippen LogP contribution in [0.2, 0.25) is 0 Å². The van der Waals surface area contributed by atoms with Gasteiger partial charge in [0.25, 0.3) is 0 Å². The third-order valence-corrected chi connectivity index (χ3v) is 5.06. The number of phenolic OH excluding ortho intramolecular Hbond substituents is 1. The Morgan fingerprint density at radius 1 is 1.14 bits per heavy atom. The lowest BCUT2D eigenvalue weighted by Gasteiger charge is -2.38. The second-order valence-corrected chi connectivity index (χ2v) is 6.72. The summed E-state index contributed by atoms with van der Waals surface area (Å²) in [6.07, 6.45) is 2.34. The van der Waals surface area contributed by atoms with Crippen molar-refractivity contribution in [1.82, 2.24) is 5.32 Å². The summed E-state index contributed by atoms with van der Waals surface area (Å²) < 4.78 is 1.22. The predicted octanol–water partition coefficient (Wildman–Crippen LogP) is 4.75. The molecule has 110 valence electrons. The fourth-order valence-corrected chi connectivity index (χ4v) is 3.67. The van der Waals surface area contributed by atoms with Gasteiger partial charge in [0.1, 0.15) is 5.75 Å². The lowest BCUT2D eigenvalue weighted by molar-refractivity contribution is 0.270. The van der Waals surface area contributed by atoms with E-state index in [1.165, 1.54) is 22.9 Å². The fourth-order valence-electron chi connectivity index (χ4n) is 3.06. The van der Waals surface area contributed by atoms with Gasteiger partial charge in [-0.2, -0.15) is 0 Å². The van der Waals surface area contributed by atoms with Gasteiger partial charge in [-0.25, -0.2) is 0 Å². The van der Waals surface area contributed by atoms with Gasteiger partial charge in [0, 0.05) is 16.6 Å². The van der Waals surface area contributed by atoms with Gasteiger partial charge < -0.3 is 10.4 Å². The van der Waals surface area contributed by atoms with Gasteiger partial charge in [0.05, 0.1) is 0 Å². The average molecular weight is 346 g/mol. The van der Waals surface area contributed by atoms with Gasteiger partial charge >= 0.3 is 0 Å². The van der Waals surface area contributed by atoms with Crippen LogP contribution in [-0.2, 0) is 0 Å². The van der Waals surface area contributed by atoms with E-state index in [1.54, 1.807) is 6.07 Å². The predicted molar refractivity (Wildman–Crippen MR) is 89.6 cm³/mol. The standard InChI is InChI=1S/C18H20BrNO/c1-12(13-5-4-6-16(21)11-13)20-15-9-14(10-15)17-7-2-3-8-18(17)19/h2-8,11-12,14-15,20-21H,9-10H2,1H3. The molecule has 3 heteroatoms. The summed E-state index contributed by atoms with van der Waals surface area (Å²) in [5.74, 6) is 0.982. The van der Waals surface area contributed by atoms with Crippen molar-refractivity contribution in [2.75, 3.05) is 0 Å². The van der Waals surface area contributed by atoms with Crippen LogP contribution in [0.5, 0.6) is 5.75 Å². The Morgan fingerprint density at radius 2 is 1.90 bits per heavy atom. The molecule has 0 aromatic heterocycles. The molecule has 21 heavy (non-hydrogen) atoms. The molecule has 0 heterocycles. The maximum Gasteiger partial charge on any atom is 0.115 e. The van der Waals surface area contributed by atoms with Crippen molar-refractivity contribution in [2.24, 2.45) is 0 Å². The number of nitrogens with one attached hydrogen (secondary N) is 1. The zero-order chi connectivity index (χ0) is 14.8. The molecular weight excluding hydrogens is 326 g/mol. The molecule has 1 aliphatic carbocycles. The highest BCUT2D eigenvalue weighted by atomic mass is 79.9. The molecule has 0 aliphatic heterocycles. The lowest BCUT2D eigenvalue weighted by atomic mass is 9.75. The number of rotatable bonds is 4. The van der Waals surface area contributed by atoms with E-state index in [4.69, 9.17) is 0 Å². The van der Waals surface area contributed by atoms with Crippen LogP contribution in [0.25, 0.3) is 0 Å². The molecule has 0 spiro atoms.